The van der Waals surface area contributed by atoms with Gasteiger partial charge in [-0.1, -0.05) is 31.2 Å². The molecule has 0 aliphatic rings. The van der Waals surface area contributed by atoms with Crippen molar-refractivity contribution >= 4 is 28.6 Å². The normalized spacial score (nSPS) is 11.7. The number of carboxylic acid groups (broad SMARTS) is 1. The number of pyridine rings is 1. The lowest BCUT2D eigenvalue weighted by molar-refractivity contribution is 0.0697. The minimum atomic E-state index is -1.11. The highest BCUT2D eigenvalue weighted by molar-refractivity contribution is 6.01. The van der Waals surface area contributed by atoms with E-state index >= 15 is 0 Å². The Morgan fingerprint density at radius 1 is 1.07 bits per heavy atom. The van der Waals surface area contributed by atoms with Crippen LogP contribution in [0, 0.1) is 5.41 Å². The number of aromatic nitrogens is 3. The summed E-state index contributed by atoms with van der Waals surface area (Å²) in [6, 6.07) is 19.3. The molecule has 212 valence electrons. The molecular formula is C32H30N6O4. The van der Waals surface area contributed by atoms with Crippen molar-refractivity contribution in [3.63, 3.8) is 0 Å². The van der Waals surface area contributed by atoms with E-state index in [2.05, 4.69) is 20.5 Å². The Labute approximate surface area is 242 Å². The fourth-order valence-electron chi connectivity index (χ4n) is 5.12. The van der Waals surface area contributed by atoms with Crippen molar-refractivity contribution in [2.45, 2.75) is 25.8 Å². The molecule has 0 aliphatic heterocycles. The van der Waals surface area contributed by atoms with Crippen LogP contribution in [-0.4, -0.2) is 45.1 Å². The van der Waals surface area contributed by atoms with E-state index in [1.54, 1.807) is 54.9 Å². The zero-order chi connectivity index (χ0) is 29.8. The molecule has 2 aromatic heterocycles. The van der Waals surface area contributed by atoms with Gasteiger partial charge in [-0.2, -0.15) is 5.10 Å². The molecule has 5 aromatic rings. The summed E-state index contributed by atoms with van der Waals surface area (Å²) in [5, 5.41) is 29.4. The van der Waals surface area contributed by atoms with Crippen LogP contribution in [0.15, 0.2) is 79.1 Å². The summed E-state index contributed by atoms with van der Waals surface area (Å²) in [6.07, 6.45) is 4.00. The largest absolute Gasteiger partial charge is 0.497 e. The van der Waals surface area contributed by atoms with Crippen molar-refractivity contribution < 1.29 is 19.4 Å². The number of hydrogen-bond acceptors (Lipinski definition) is 6. The number of amidine groups is 1. The molecule has 0 saturated heterocycles. The number of benzene rings is 3. The van der Waals surface area contributed by atoms with Crippen molar-refractivity contribution in [1.29, 1.82) is 5.41 Å². The van der Waals surface area contributed by atoms with Crippen LogP contribution >= 0.6 is 0 Å². The predicted octanol–water partition coefficient (Wildman–Crippen LogP) is 5.09. The standard InChI is InChI=1S/C32H30N6O4/c1-3-22(29-25-10-6-19(30(33)34)14-28(25)37-38-29)23-9-7-20(31(39)36-17-18-5-4-12-35-16-18)13-26(23)24-11-8-21(42-2)15-27(24)32(40)41/h4-16,22H,3,17H2,1-2H3,(H3,33,34)(H,36,39)(H,37,38)(H,40,41). The Kier molecular flexibility index (Phi) is 7.96. The fraction of sp³-hybridized carbons (Fsp3) is 0.156. The maximum Gasteiger partial charge on any atom is 0.336 e. The van der Waals surface area contributed by atoms with Gasteiger partial charge in [-0.05, 0) is 71.1 Å². The molecule has 5 rings (SSSR count). The van der Waals surface area contributed by atoms with Crippen molar-refractivity contribution in [3.8, 4) is 16.9 Å². The number of carboxylic acids is 1. The molecule has 0 spiro atoms. The molecule has 10 nitrogen and oxygen atoms in total. The number of nitrogens with one attached hydrogen (secondary N) is 3. The smallest absolute Gasteiger partial charge is 0.336 e. The number of carbonyl (C=O) groups excluding carboxylic acids is 1. The molecule has 0 saturated carbocycles. The lowest BCUT2D eigenvalue weighted by Gasteiger charge is -2.21. The van der Waals surface area contributed by atoms with E-state index in [1.165, 1.54) is 13.2 Å². The van der Waals surface area contributed by atoms with Gasteiger partial charge >= 0.3 is 5.97 Å². The number of methoxy groups -OCH3 is 1. The van der Waals surface area contributed by atoms with E-state index in [1.807, 2.05) is 25.1 Å². The molecule has 1 unspecified atom stereocenters. The Morgan fingerprint density at radius 3 is 2.57 bits per heavy atom. The number of carbonyl (C=O) groups is 2. The predicted molar refractivity (Wildman–Crippen MR) is 160 cm³/mol. The summed E-state index contributed by atoms with van der Waals surface area (Å²) in [7, 11) is 1.48. The van der Waals surface area contributed by atoms with Crippen molar-refractivity contribution in [1.82, 2.24) is 20.5 Å². The molecule has 2 heterocycles. The van der Waals surface area contributed by atoms with Crippen LogP contribution in [0.5, 0.6) is 5.75 Å². The van der Waals surface area contributed by atoms with Crippen LogP contribution in [-0.2, 0) is 6.54 Å². The highest BCUT2D eigenvalue weighted by atomic mass is 16.5. The second kappa shape index (κ2) is 11.9. The first kappa shape index (κ1) is 28.0. The Morgan fingerprint density at radius 2 is 1.88 bits per heavy atom. The number of rotatable bonds is 10. The third-order valence-corrected chi connectivity index (χ3v) is 7.26. The number of H-pyrrole nitrogens is 1. The lowest BCUT2D eigenvalue weighted by atomic mass is 9.83. The summed E-state index contributed by atoms with van der Waals surface area (Å²) >= 11 is 0. The maximum atomic E-state index is 13.2. The van der Waals surface area contributed by atoms with Gasteiger partial charge in [0.2, 0.25) is 0 Å². The van der Waals surface area contributed by atoms with Crippen LogP contribution < -0.4 is 15.8 Å². The van der Waals surface area contributed by atoms with Crippen LogP contribution in [0.2, 0.25) is 0 Å². The first-order valence-corrected chi connectivity index (χ1v) is 13.4. The van der Waals surface area contributed by atoms with Crippen LogP contribution in [0.4, 0.5) is 0 Å². The maximum absolute atomic E-state index is 13.2. The van der Waals surface area contributed by atoms with E-state index < -0.39 is 5.97 Å². The van der Waals surface area contributed by atoms with Crippen LogP contribution in [0.1, 0.15) is 62.4 Å². The Bertz CT molecular complexity index is 1800. The summed E-state index contributed by atoms with van der Waals surface area (Å²) in [4.78, 5) is 29.7. The van der Waals surface area contributed by atoms with Crippen molar-refractivity contribution in [3.05, 3.63) is 113 Å². The second-order valence-electron chi connectivity index (χ2n) is 9.81. The molecule has 3 aromatic carbocycles. The molecular weight excluding hydrogens is 532 g/mol. The third kappa shape index (κ3) is 5.55. The van der Waals surface area contributed by atoms with Gasteiger partial charge in [-0.3, -0.25) is 20.3 Å². The van der Waals surface area contributed by atoms with Gasteiger partial charge in [0.05, 0.1) is 23.9 Å². The first-order chi connectivity index (χ1) is 20.3. The number of ether oxygens (including phenoxy) is 1. The number of fused-ring (bicyclic) bond motifs is 1. The Balaban J connectivity index is 1.63. The van der Waals surface area contributed by atoms with Gasteiger partial charge in [0.1, 0.15) is 11.6 Å². The van der Waals surface area contributed by atoms with E-state index in [4.69, 9.17) is 15.9 Å². The third-order valence-electron chi connectivity index (χ3n) is 7.26. The zero-order valence-corrected chi connectivity index (χ0v) is 23.1. The number of nitrogen functional groups attached to an aromatic ring is 1. The van der Waals surface area contributed by atoms with Gasteiger partial charge in [0.15, 0.2) is 0 Å². The second-order valence-corrected chi connectivity index (χ2v) is 9.81. The lowest BCUT2D eigenvalue weighted by Crippen LogP contribution is -2.23. The highest BCUT2D eigenvalue weighted by Crippen LogP contribution is 2.40. The van der Waals surface area contributed by atoms with Crippen molar-refractivity contribution in [2.24, 2.45) is 5.73 Å². The van der Waals surface area contributed by atoms with Gasteiger partial charge in [-0.15, -0.1) is 0 Å². The zero-order valence-electron chi connectivity index (χ0n) is 23.1. The van der Waals surface area contributed by atoms with Gasteiger partial charge < -0.3 is 20.9 Å². The van der Waals surface area contributed by atoms with Gasteiger partial charge in [-0.25, -0.2) is 4.79 Å². The number of nitrogens with zero attached hydrogens (tertiary/aromatic N) is 2. The average molecular weight is 563 g/mol. The highest BCUT2D eigenvalue weighted by Gasteiger charge is 2.25. The molecule has 1 atom stereocenters. The molecule has 0 bridgehead atoms. The van der Waals surface area contributed by atoms with Gasteiger partial charge in [0.25, 0.3) is 5.91 Å². The summed E-state index contributed by atoms with van der Waals surface area (Å²) < 4.78 is 5.29. The SMILES string of the molecule is CCC(c1ccc(C(=O)NCc2cccnc2)cc1-c1ccc(OC)cc1C(=O)O)c1n[nH]c2cc(C(=N)N)ccc12. The summed E-state index contributed by atoms with van der Waals surface area (Å²) in [5.74, 6) is -1.29. The quantitative estimate of drug-likeness (QED) is 0.117. The Hall–Kier alpha value is -5.51. The number of nitrogens with two attached hydrogens (primary N) is 1. The molecule has 1 amide bonds. The summed E-state index contributed by atoms with van der Waals surface area (Å²) in [6.45, 7) is 2.32. The average Bonchev–Trinajstić information content (AvgIpc) is 3.43. The number of aromatic amines is 1. The minimum absolute atomic E-state index is 0.0412. The molecule has 10 heteroatoms. The van der Waals surface area contributed by atoms with E-state index in [0.717, 1.165) is 27.7 Å². The monoisotopic (exact) mass is 562 g/mol. The topological polar surface area (TPSA) is 167 Å². The molecule has 0 aliphatic carbocycles. The summed E-state index contributed by atoms with van der Waals surface area (Å²) in [5.41, 5.74) is 10.9. The molecule has 0 fully saturated rings. The number of hydrogen-bond donors (Lipinski definition) is 5. The number of amides is 1. The van der Waals surface area contributed by atoms with Crippen molar-refractivity contribution in [2.75, 3.05) is 7.11 Å². The number of aromatic carboxylic acids is 1. The van der Waals surface area contributed by atoms with Gasteiger partial charge in [0, 0.05) is 41.4 Å². The molecule has 0 radical (unpaired) electrons. The van der Waals surface area contributed by atoms with E-state index in [-0.39, 0.29) is 23.2 Å². The molecule has 6 N–H and O–H groups in total. The van der Waals surface area contributed by atoms with E-state index in [0.29, 0.717) is 41.0 Å². The molecule has 42 heavy (non-hydrogen) atoms. The minimum Gasteiger partial charge on any atom is -0.497 e. The first-order valence-electron chi connectivity index (χ1n) is 13.4. The fourth-order valence-corrected chi connectivity index (χ4v) is 5.12. The van der Waals surface area contributed by atoms with E-state index in [9.17, 15) is 14.7 Å². The van der Waals surface area contributed by atoms with Crippen LogP contribution in [0.3, 0.4) is 0 Å². The van der Waals surface area contributed by atoms with Crippen LogP contribution in [0.25, 0.3) is 22.0 Å².